The average Bonchev–Trinajstić information content (AvgIpc) is 2.38. The molecule has 1 atom stereocenters. The number of aliphatic hydroxyl groups excluding tert-OH is 1. The van der Waals surface area contributed by atoms with Crippen LogP contribution in [0, 0.1) is 5.92 Å². The second-order valence-corrected chi connectivity index (χ2v) is 4.47. The van der Waals surface area contributed by atoms with E-state index in [0.29, 0.717) is 24.3 Å². The fraction of sp³-hybridized carbons (Fsp3) is 0.583. The minimum atomic E-state index is -4.16. The zero-order valence-electron chi connectivity index (χ0n) is 9.82. The molecule has 1 fully saturated rings. The third kappa shape index (κ3) is 2.75. The van der Waals surface area contributed by atoms with E-state index in [1.807, 2.05) is 0 Å². The van der Waals surface area contributed by atoms with Gasteiger partial charge in [-0.2, -0.15) is 13.2 Å². The van der Waals surface area contributed by atoms with Gasteiger partial charge in [0, 0.05) is 24.8 Å². The highest BCUT2D eigenvalue weighted by Crippen LogP contribution is 2.34. The van der Waals surface area contributed by atoms with Gasteiger partial charge < -0.3 is 10.0 Å². The van der Waals surface area contributed by atoms with Crippen molar-refractivity contribution in [1.29, 1.82) is 0 Å². The molecule has 0 bridgehead atoms. The first-order chi connectivity index (χ1) is 8.52. The lowest BCUT2D eigenvalue weighted by Crippen LogP contribution is -2.42. The number of halogens is 3. The molecule has 1 aromatic heterocycles. The highest BCUT2D eigenvalue weighted by molar-refractivity contribution is 5.46. The fourth-order valence-corrected chi connectivity index (χ4v) is 2.28. The summed E-state index contributed by atoms with van der Waals surface area (Å²) >= 11 is 0. The number of pyridine rings is 1. The van der Waals surface area contributed by atoms with Crippen LogP contribution < -0.4 is 4.90 Å². The van der Waals surface area contributed by atoms with E-state index in [-0.39, 0.29) is 19.6 Å². The Labute approximate surface area is 103 Å². The molecule has 0 spiro atoms. The molecule has 1 saturated heterocycles. The number of aromatic nitrogens is 1. The first kappa shape index (κ1) is 13.1. The third-order valence-corrected chi connectivity index (χ3v) is 3.22. The molecule has 0 aliphatic carbocycles. The van der Waals surface area contributed by atoms with Crippen LogP contribution in [-0.4, -0.2) is 29.4 Å². The smallest absolute Gasteiger partial charge is 0.392 e. The van der Waals surface area contributed by atoms with Crippen LogP contribution in [0.3, 0.4) is 0 Å². The van der Waals surface area contributed by atoms with Crippen LogP contribution in [0.4, 0.5) is 19.0 Å². The number of aliphatic hydroxyl groups is 1. The van der Waals surface area contributed by atoms with Crippen LogP contribution in [0.25, 0.3) is 0 Å². The summed E-state index contributed by atoms with van der Waals surface area (Å²) in [6.45, 7) is 0.264. The van der Waals surface area contributed by atoms with Crippen LogP contribution in [-0.2, 0) is 6.61 Å². The summed E-state index contributed by atoms with van der Waals surface area (Å²) in [7, 11) is 0. The summed E-state index contributed by atoms with van der Waals surface area (Å²) < 4.78 is 38.1. The SMILES string of the molecule is OCc1cccnc1N1CCCC(C(F)(F)F)C1. The molecule has 3 nitrogen and oxygen atoms in total. The van der Waals surface area contributed by atoms with Gasteiger partial charge in [-0.15, -0.1) is 0 Å². The summed E-state index contributed by atoms with van der Waals surface area (Å²) in [5.74, 6) is -0.839. The van der Waals surface area contributed by atoms with Gasteiger partial charge >= 0.3 is 6.18 Å². The van der Waals surface area contributed by atoms with Crippen molar-refractivity contribution in [1.82, 2.24) is 4.98 Å². The van der Waals surface area contributed by atoms with Gasteiger partial charge in [0.15, 0.2) is 0 Å². The van der Waals surface area contributed by atoms with Crippen LogP contribution in [0.1, 0.15) is 18.4 Å². The molecule has 100 valence electrons. The maximum absolute atomic E-state index is 12.7. The monoisotopic (exact) mass is 260 g/mol. The van der Waals surface area contributed by atoms with Gasteiger partial charge in [0.2, 0.25) is 0 Å². The number of anilines is 1. The van der Waals surface area contributed by atoms with Gasteiger partial charge in [-0.3, -0.25) is 0 Å². The standard InChI is InChI=1S/C12H15F3N2O/c13-12(14,15)10-4-2-6-17(7-10)11-9(8-18)3-1-5-16-11/h1,3,5,10,18H,2,4,6-8H2. The lowest BCUT2D eigenvalue weighted by Gasteiger charge is -2.35. The van der Waals surface area contributed by atoms with Crippen molar-refractivity contribution in [2.75, 3.05) is 18.0 Å². The number of rotatable bonds is 2. The quantitative estimate of drug-likeness (QED) is 0.886. The van der Waals surface area contributed by atoms with Crippen LogP contribution in [0.5, 0.6) is 0 Å². The lowest BCUT2D eigenvalue weighted by atomic mass is 9.97. The number of hydrogen-bond donors (Lipinski definition) is 1. The molecular formula is C12H15F3N2O. The van der Waals surface area contributed by atoms with Crippen molar-refractivity contribution >= 4 is 5.82 Å². The minimum absolute atomic E-state index is 0.0759. The molecule has 6 heteroatoms. The summed E-state index contributed by atoms with van der Waals surface area (Å²) in [4.78, 5) is 5.71. The number of hydrogen-bond acceptors (Lipinski definition) is 3. The molecule has 1 aromatic rings. The first-order valence-electron chi connectivity index (χ1n) is 5.89. The predicted molar refractivity (Wildman–Crippen MR) is 61.2 cm³/mol. The van der Waals surface area contributed by atoms with Gasteiger partial charge in [-0.05, 0) is 18.9 Å². The number of alkyl halides is 3. The van der Waals surface area contributed by atoms with Crippen molar-refractivity contribution in [3.05, 3.63) is 23.9 Å². The third-order valence-electron chi connectivity index (χ3n) is 3.22. The fourth-order valence-electron chi connectivity index (χ4n) is 2.28. The van der Waals surface area contributed by atoms with Gasteiger partial charge in [0.05, 0.1) is 12.5 Å². The second kappa shape index (κ2) is 5.14. The molecule has 2 rings (SSSR count). The Morgan fingerprint density at radius 1 is 1.44 bits per heavy atom. The number of piperidine rings is 1. The summed E-state index contributed by atoms with van der Waals surface area (Å²) in [6.07, 6.45) is -1.97. The highest BCUT2D eigenvalue weighted by atomic mass is 19.4. The minimum Gasteiger partial charge on any atom is -0.392 e. The van der Waals surface area contributed by atoms with Gasteiger partial charge in [-0.1, -0.05) is 6.07 Å². The molecule has 0 saturated carbocycles. The van der Waals surface area contributed by atoms with E-state index in [4.69, 9.17) is 0 Å². The Morgan fingerprint density at radius 3 is 2.89 bits per heavy atom. The Morgan fingerprint density at radius 2 is 2.22 bits per heavy atom. The Kier molecular flexibility index (Phi) is 3.75. The predicted octanol–water partition coefficient (Wildman–Crippen LogP) is 2.35. The molecule has 1 N–H and O–H groups in total. The van der Waals surface area contributed by atoms with Crippen LogP contribution in [0.15, 0.2) is 18.3 Å². The average molecular weight is 260 g/mol. The summed E-state index contributed by atoms with van der Waals surface area (Å²) in [5, 5.41) is 9.19. The number of nitrogens with zero attached hydrogens (tertiary/aromatic N) is 2. The summed E-state index contributed by atoms with van der Waals surface area (Å²) in [5.41, 5.74) is 0.570. The van der Waals surface area contributed by atoms with E-state index in [0.717, 1.165) is 0 Å². The Hall–Kier alpha value is -1.30. The van der Waals surface area contributed by atoms with Crippen molar-refractivity contribution in [2.24, 2.45) is 5.92 Å². The Bertz CT molecular complexity index is 409. The maximum atomic E-state index is 12.7. The van der Waals surface area contributed by atoms with E-state index in [1.54, 1.807) is 17.0 Å². The first-order valence-corrected chi connectivity index (χ1v) is 5.89. The topological polar surface area (TPSA) is 36.4 Å². The molecule has 1 aliphatic heterocycles. The molecule has 1 aliphatic rings. The largest absolute Gasteiger partial charge is 0.393 e. The molecule has 0 amide bonds. The Balaban J connectivity index is 2.18. The molecule has 0 radical (unpaired) electrons. The molecule has 1 unspecified atom stereocenters. The van der Waals surface area contributed by atoms with Crippen molar-refractivity contribution < 1.29 is 18.3 Å². The van der Waals surface area contributed by atoms with E-state index < -0.39 is 12.1 Å². The van der Waals surface area contributed by atoms with E-state index in [2.05, 4.69) is 4.98 Å². The molecule has 2 heterocycles. The second-order valence-electron chi connectivity index (χ2n) is 4.47. The van der Waals surface area contributed by atoms with Crippen molar-refractivity contribution in [3.63, 3.8) is 0 Å². The zero-order chi connectivity index (χ0) is 13.2. The van der Waals surface area contributed by atoms with Gasteiger partial charge in [-0.25, -0.2) is 4.98 Å². The van der Waals surface area contributed by atoms with Crippen LogP contribution in [0.2, 0.25) is 0 Å². The van der Waals surface area contributed by atoms with Crippen LogP contribution >= 0.6 is 0 Å². The van der Waals surface area contributed by atoms with E-state index >= 15 is 0 Å². The van der Waals surface area contributed by atoms with E-state index in [1.165, 1.54) is 6.20 Å². The van der Waals surface area contributed by atoms with Gasteiger partial charge in [0.1, 0.15) is 5.82 Å². The normalized spacial score (nSPS) is 21.1. The van der Waals surface area contributed by atoms with Crippen molar-refractivity contribution in [3.8, 4) is 0 Å². The summed E-state index contributed by atoms with van der Waals surface area (Å²) in [6, 6.07) is 3.35. The zero-order valence-corrected chi connectivity index (χ0v) is 9.82. The maximum Gasteiger partial charge on any atom is 0.393 e. The lowest BCUT2D eigenvalue weighted by molar-refractivity contribution is -0.176. The van der Waals surface area contributed by atoms with Crippen molar-refractivity contribution in [2.45, 2.75) is 25.6 Å². The van der Waals surface area contributed by atoms with E-state index in [9.17, 15) is 18.3 Å². The van der Waals surface area contributed by atoms with Gasteiger partial charge in [0.25, 0.3) is 0 Å². The molecule has 18 heavy (non-hydrogen) atoms. The molecular weight excluding hydrogens is 245 g/mol. The molecule has 0 aromatic carbocycles. The highest BCUT2D eigenvalue weighted by Gasteiger charge is 2.42.